The van der Waals surface area contributed by atoms with Gasteiger partial charge in [0.15, 0.2) is 5.82 Å². The second kappa shape index (κ2) is 8.42. The van der Waals surface area contributed by atoms with Crippen LogP contribution in [0.25, 0.3) is 5.82 Å². The first-order valence-electron chi connectivity index (χ1n) is 8.35. The molecule has 10 heteroatoms. The molecular weight excluding hydrogens is 428 g/mol. The van der Waals surface area contributed by atoms with Crippen LogP contribution in [-0.2, 0) is 17.6 Å². The van der Waals surface area contributed by atoms with Crippen LogP contribution < -0.4 is 0 Å². The van der Waals surface area contributed by atoms with E-state index >= 15 is 0 Å². The predicted octanol–water partition coefficient (Wildman–Crippen LogP) is 5.84. The van der Waals surface area contributed by atoms with E-state index in [0.29, 0.717) is 22.3 Å². The van der Waals surface area contributed by atoms with Gasteiger partial charge < -0.3 is 4.84 Å². The fraction of sp³-hybridized carbons (Fsp3) is 0.211. The van der Waals surface area contributed by atoms with E-state index < -0.39 is 11.7 Å². The van der Waals surface area contributed by atoms with Crippen molar-refractivity contribution in [2.24, 2.45) is 5.16 Å². The fourth-order valence-electron chi connectivity index (χ4n) is 2.46. The van der Waals surface area contributed by atoms with Gasteiger partial charge in [-0.15, -0.1) is 0 Å². The van der Waals surface area contributed by atoms with Crippen molar-refractivity contribution < 1.29 is 18.0 Å². The average molecular weight is 443 g/mol. The Morgan fingerprint density at radius 2 is 1.90 bits per heavy atom. The third-order valence-corrected chi connectivity index (χ3v) is 4.51. The Morgan fingerprint density at radius 1 is 1.21 bits per heavy atom. The lowest BCUT2D eigenvalue weighted by atomic mass is 10.2. The molecule has 0 fully saturated rings. The molecular formula is C19H15Cl2F3N4O. The van der Waals surface area contributed by atoms with Gasteiger partial charge in [-0.05, 0) is 37.6 Å². The number of rotatable bonds is 5. The van der Waals surface area contributed by atoms with Crippen molar-refractivity contribution in [1.29, 1.82) is 0 Å². The number of pyridine rings is 1. The maximum absolute atomic E-state index is 12.8. The summed E-state index contributed by atoms with van der Waals surface area (Å²) < 4.78 is 39.9. The van der Waals surface area contributed by atoms with Crippen LogP contribution in [0.2, 0.25) is 10.0 Å². The van der Waals surface area contributed by atoms with Crippen molar-refractivity contribution in [2.75, 3.05) is 0 Å². The fourth-order valence-corrected chi connectivity index (χ4v) is 2.84. The van der Waals surface area contributed by atoms with Crippen LogP contribution in [-0.4, -0.2) is 20.2 Å². The van der Waals surface area contributed by atoms with Gasteiger partial charge in [-0.3, -0.25) is 4.57 Å². The minimum absolute atomic E-state index is 0.138. The van der Waals surface area contributed by atoms with Crippen LogP contribution >= 0.6 is 23.2 Å². The van der Waals surface area contributed by atoms with E-state index in [-0.39, 0.29) is 17.4 Å². The lowest BCUT2D eigenvalue weighted by Crippen LogP contribution is -2.08. The lowest BCUT2D eigenvalue weighted by molar-refractivity contribution is -0.137. The summed E-state index contributed by atoms with van der Waals surface area (Å²) >= 11 is 11.9. The van der Waals surface area contributed by atoms with Crippen LogP contribution in [0.15, 0.2) is 47.9 Å². The molecule has 5 nitrogen and oxygen atoms in total. The van der Waals surface area contributed by atoms with E-state index in [9.17, 15) is 13.2 Å². The molecule has 0 unspecified atom stereocenters. The van der Waals surface area contributed by atoms with Crippen LogP contribution in [0.5, 0.6) is 0 Å². The summed E-state index contributed by atoms with van der Waals surface area (Å²) in [6, 6.07) is 7.99. The molecule has 0 aliphatic heterocycles. The Hall–Kier alpha value is -2.58. The van der Waals surface area contributed by atoms with Crippen molar-refractivity contribution in [3.8, 4) is 5.82 Å². The molecule has 0 radical (unpaired) electrons. The van der Waals surface area contributed by atoms with E-state index in [1.165, 1.54) is 4.57 Å². The molecule has 0 aliphatic carbocycles. The smallest absolute Gasteiger partial charge is 0.391 e. The molecule has 3 aromatic rings. The molecule has 2 heterocycles. The first-order valence-corrected chi connectivity index (χ1v) is 9.11. The van der Waals surface area contributed by atoms with Gasteiger partial charge >= 0.3 is 6.18 Å². The maximum Gasteiger partial charge on any atom is 0.417 e. The Kier molecular flexibility index (Phi) is 6.14. The molecule has 0 spiro atoms. The molecule has 1 aromatic carbocycles. The summed E-state index contributed by atoms with van der Waals surface area (Å²) in [7, 11) is 0. The summed E-state index contributed by atoms with van der Waals surface area (Å²) in [5, 5.41) is 4.53. The molecule has 0 bridgehead atoms. The normalized spacial score (nSPS) is 12.3. The summed E-state index contributed by atoms with van der Waals surface area (Å²) in [6.45, 7) is 3.64. The Bertz CT molecular complexity index is 1050. The zero-order chi connectivity index (χ0) is 21.2. The van der Waals surface area contributed by atoms with Crippen molar-refractivity contribution in [1.82, 2.24) is 14.5 Å². The second-order valence-electron chi connectivity index (χ2n) is 6.15. The summed E-state index contributed by atoms with van der Waals surface area (Å²) in [6.07, 6.45) is -2.20. The SMILES string of the molecule is CC(=NOCc1ccc(Cl)cc1)c1cn(-c2ncc(C(F)(F)F)cc2Cl)c(C)n1. The van der Waals surface area contributed by atoms with E-state index in [1.807, 2.05) is 12.1 Å². The van der Waals surface area contributed by atoms with E-state index in [0.717, 1.165) is 17.8 Å². The zero-order valence-corrected chi connectivity index (χ0v) is 16.8. The van der Waals surface area contributed by atoms with E-state index in [4.69, 9.17) is 28.0 Å². The van der Waals surface area contributed by atoms with Gasteiger partial charge in [-0.2, -0.15) is 13.2 Å². The average Bonchev–Trinajstić information content (AvgIpc) is 3.04. The van der Waals surface area contributed by atoms with Crippen LogP contribution in [0, 0.1) is 6.92 Å². The highest BCUT2D eigenvalue weighted by Gasteiger charge is 2.31. The quantitative estimate of drug-likeness (QED) is 0.368. The molecule has 3 rings (SSSR count). The van der Waals surface area contributed by atoms with Crippen molar-refractivity contribution in [3.05, 3.63) is 75.4 Å². The topological polar surface area (TPSA) is 52.3 Å². The van der Waals surface area contributed by atoms with Crippen LogP contribution in [0.4, 0.5) is 13.2 Å². The molecule has 0 saturated heterocycles. The number of oxime groups is 1. The maximum atomic E-state index is 12.8. The molecule has 152 valence electrons. The Labute approximate surface area is 174 Å². The first-order chi connectivity index (χ1) is 13.6. The Morgan fingerprint density at radius 3 is 2.52 bits per heavy atom. The van der Waals surface area contributed by atoms with E-state index in [1.54, 1.807) is 32.2 Å². The number of aryl methyl sites for hydroxylation is 1. The molecule has 2 aromatic heterocycles. The largest absolute Gasteiger partial charge is 0.417 e. The second-order valence-corrected chi connectivity index (χ2v) is 6.99. The highest BCUT2D eigenvalue weighted by molar-refractivity contribution is 6.32. The molecule has 0 amide bonds. The molecule has 0 aliphatic rings. The van der Waals surface area contributed by atoms with Crippen molar-refractivity contribution in [2.45, 2.75) is 26.6 Å². The van der Waals surface area contributed by atoms with Crippen molar-refractivity contribution in [3.63, 3.8) is 0 Å². The number of halogens is 5. The molecule has 0 atom stereocenters. The van der Waals surface area contributed by atoms with Crippen LogP contribution in [0.1, 0.15) is 29.6 Å². The van der Waals surface area contributed by atoms with Gasteiger partial charge in [0.25, 0.3) is 0 Å². The Balaban J connectivity index is 1.78. The van der Waals surface area contributed by atoms with E-state index in [2.05, 4.69) is 15.1 Å². The molecule has 0 saturated carbocycles. The molecule has 29 heavy (non-hydrogen) atoms. The van der Waals surface area contributed by atoms with Gasteiger partial charge in [-0.1, -0.05) is 40.5 Å². The lowest BCUT2D eigenvalue weighted by Gasteiger charge is -2.10. The third-order valence-electron chi connectivity index (χ3n) is 3.98. The summed E-state index contributed by atoms with van der Waals surface area (Å²) in [5.74, 6) is 0.632. The number of hydrogen-bond donors (Lipinski definition) is 0. The van der Waals surface area contributed by atoms with Crippen molar-refractivity contribution >= 4 is 28.9 Å². The minimum Gasteiger partial charge on any atom is -0.391 e. The highest BCUT2D eigenvalue weighted by atomic mass is 35.5. The highest BCUT2D eigenvalue weighted by Crippen LogP contribution is 2.32. The zero-order valence-electron chi connectivity index (χ0n) is 15.3. The minimum atomic E-state index is -4.52. The number of nitrogens with zero attached hydrogens (tertiary/aromatic N) is 4. The monoisotopic (exact) mass is 442 g/mol. The van der Waals surface area contributed by atoms with Gasteiger partial charge in [0, 0.05) is 17.4 Å². The van der Waals surface area contributed by atoms with Gasteiger partial charge in [0.2, 0.25) is 0 Å². The van der Waals surface area contributed by atoms with Gasteiger partial charge in [0.05, 0.1) is 10.6 Å². The van der Waals surface area contributed by atoms with Crippen LogP contribution in [0.3, 0.4) is 0 Å². The third kappa shape index (κ3) is 5.07. The van der Waals surface area contributed by atoms with Gasteiger partial charge in [-0.25, -0.2) is 9.97 Å². The first kappa shape index (κ1) is 21.1. The summed E-state index contributed by atoms with van der Waals surface area (Å²) in [5.41, 5.74) is 0.950. The number of hydrogen-bond acceptors (Lipinski definition) is 4. The van der Waals surface area contributed by atoms with Gasteiger partial charge in [0.1, 0.15) is 23.8 Å². The number of aromatic nitrogens is 3. The number of alkyl halides is 3. The standard InChI is InChI=1S/C19H15Cl2F3N4O/c1-11(27-29-10-13-3-5-15(20)6-4-13)17-9-28(12(2)26-17)18-16(21)7-14(8-25-18)19(22,23)24/h3-9H,10H2,1-2H3. The number of imidazole rings is 1. The predicted molar refractivity (Wildman–Crippen MR) is 105 cm³/mol. The summed E-state index contributed by atoms with van der Waals surface area (Å²) in [4.78, 5) is 13.5. The number of benzene rings is 1. The molecule has 0 N–H and O–H groups in total.